The molecule has 2 bridgehead atoms. The number of para-hydroxylation sites is 2. The number of ether oxygens (including phenoxy) is 2. The number of amides is 1. The van der Waals surface area contributed by atoms with E-state index in [1.54, 1.807) is 0 Å². The maximum absolute atomic E-state index is 13.7. The van der Waals surface area contributed by atoms with E-state index in [2.05, 4.69) is 32.7 Å². The van der Waals surface area contributed by atoms with Crippen LogP contribution in [-0.4, -0.2) is 45.5 Å². The summed E-state index contributed by atoms with van der Waals surface area (Å²) in [5.41, 5.74) is 2.58. The first kappa shape index (κ1) is 24.3. The standard InChI is InChI=1S/C28H35N5O3/c1-2-35-26-11-6-4-9-23(26)19-32-16-13-28(14-17-32)12-7-15-33-20-24(30-31-33)21-36-25-10-5-3-8-22(25)18-29-27(28)34/h3-6,8-11,20H,2,7,12-19,21H2,1H3,(H,29,34). The molecule has 1 amide bonds. The van der Waals surface area contributed by atoms with E-state index in [-0.39, 0.29) is 11.3 Å². The fraction of sp³-hybridized carbons (Fsp3) is 0.464. The Bertz CT molecular complexity index is 1170. The van der Waals surface area contributed by atoms with Gasteiger partial charge in [-0.1, -0.05) is 41.6 Å². The molecule has 1 fully saturated rings. The molecule has 2 aliphatic rings. The molecule has 0 saturated carbocycles. The Morgan fingerprint density at radius 1 is 1.06 bits per heavy atom. The summed E-state index contributed by atoms with van der Waals surface area (Å²) >= 11 is 0. The van der Waals surface area contributed by atoms with Crippen LogP contribution in [0.4, 0.5) is 0 Å². The number of carbonyl (C=O) groups is 1. The molecule has 3 aromatic rings. The molecule has 0 radical (unpaired) electrons. The highest BCUT2D eigenvalue weighted by atomic mass is 16.5. The minimum atomic E-state index is -0.390. The lowest BCUT2D eigenvalue weighted by molar-refractivity contribution is -0.135. The molecule has 3 heterocycles. The second kappa shape index (κ2) is 11.1. The largest absolute Gasteiger partial charge is 0.494 e. The Morgan fingerprint density at radius 2 is 1.86 bits per heavy atom. The summed E-state index contributed by atoms with van der Waals surface area (Å²) < 4.78 is 13.7. The van der Waals surface area contributed by atoms with Gasteiger partial charge >= 0.3 is 0 Å². The van der Waals surface area contributed by atoms with Crippen LogP contribution in [0.25, 0.3) is 0 Å². The van der Waals surface area contributed by atoms with Gasteiger partial charge in [-0.2, -0.15) is 0 Å². The van der Waals surface area contributed by atoms with Crippen LogP contribution < -0.4 is 14.8 Å². The van der Waals surface area contributed by atoms with Gasteiger partial charge in [0.2, 0.25) is 5.91 Å². The second-order valence-electron chi connectivity index (χ2n) is 9.75. The average molecular weight is 490 g/mol. The normalized spacial score (nSPS) is 18.5. The molecular weight excluding hydrogens is 454 g/mol. The number of nitrogens with zero attached hydrogens (tertiary/aromatic N) is 4. The topological polar surface area (TPSA) is 81.5 Å². The maximum atomic E-state index is 13.7. The van der Waals surface area contributed by atoms with Crippen LogP contribution in [0.1, 0.15) is 49.4 Å². The van der Waals surface area contributed by atoms with Gasteiger partial charge in [0.05, 0.1) is 18.2 Å². The maximum Gasteiger partial charge on any atom is 0.226 e. The van der Waals surface area contributed by atoms with Gasteiger partial charge in [-0.05, 0) is 57.8 Å². The molecule has 0 unspecified atom stereocenters. The fourth-order valence-corrected chi connectivity index (χ4v) is 5.30. The van der Waals surface area contributed by atoms with Crippen molar-refractivity contribution in [2.24, 2.45) is 5.41 Å². The van der Waals surface area contributed by atoms with Crippen molar-refractivity contribution >= 4 is 5.91 Å². The van der Waals surface area contributed by atoms with Crippen molar-refractivity contribution in [2.45, 2.75) is 58.8 Å². The summed E-state index contributed by atoms with van der Waals surface area (Å²) in [6, 6.07) is 16.1. The summed E-state index contributed by atoms with van der Waals surface area (Å²) in [6.07, 6.45) is 5.31. The average Bonchev–Trinajstić information content (AvgIpc) is 3.36. The fourth-order valence-electron chi connectivity index (χ4n) is 5.30. The Hall–Kier alpha value is -3.39. The first-order valence-electron chi connectivity index (χ1n) is 13.0. The number of hydrogen-bond donors (Lipinski definition) is 1. The van der Waals surface area contributed by atoms with E-state index in [0.29, 0.717) is 19.8 Å². The third kappa shape index (κ3) is 5.54. The molecule has 0 aliphatic carbocycles. The second-order valence-corrected chi connectivity index (χ2v) is 9.75. The Labute approximate surface area is 212 Å². The van der Waals surface area contributed by atoms with Gasteiger partial charge < -0.3 is 14.8 Å². The van der Waals surface area contributed by atoms with Crippen molar-refractivity contribution in [1.29, 1.82) is 0 Å². The predicted octanol–water partition coefficient (Wildman–Crippen LogP) is 3.95. The highest BCUT2D eigenvalue weighted by molar-refractivity contribution is 5.82. The Balaban J connectivity index is 1.31. The number of aromatic nitrogens is 3. The number of benzene rings is 2. The van der Waals surface area contributed by atoms with Crippen LogP contribution in [-0.2, 0) is 31.0 Å². The molecule has 1 N–H and O–H groups in total. The van der Waals surface area contributed by atoms with E-state index in [1.807, 2.05) is 54.2 Å². The van der Waals surface area contributed by atoms with Gasteiger partial charge in [-0.15, -0.1) is 5.10 Å². The number of hydrogen-bond acceptors (Lipinski definition) is 6. The molecule has 1 saturated heterocycles. The zero-order valence-electron chi connectivity index (χ0n) is 21.0. The number of piperidine rings is 1. The lowest BCUT2D eigenvalue weighted by Gasteiger charge is -2.41. The van der Waals surface area contributed by atoms with E-state index < -0.39 is 0 Å². The molecule has 1 spiro atoms. The van der Waals surface area contributed by atoms with Crippen LogP contribution in [0.5, 0.6) is 11.5 Å². The van der Waals surface area contributed by atoms with Crippen molar-refractivity contribution < 1.29 is 14.3 Å². The lowest BCUT2D eigenvalue weighted by atomic mass is 9.73. The van der Waals surface area contributed by atoms with Crippen LogP contribution in [0.2, 0.25) is 0 Å². The van der Waals surface area contributed by atoms with Crippen LogP contribution in [0.3, 0.4) is 0 Å². The lowest BCUT2D eigenvalue weighted by Crippen LogP contribution is -2.48. The van der Waals surface area contributed by atoms with E-state index in [1.165, 1.54) is 5.56 Å². The minimum absolute atomic E-state index is 0.142. The molecule has 5 rings (SSSR count). The highest BCUT2D eigenvalue weighted by Gasteiger charge is 2.41. The molecule has 0 atom stereocenters. The third-order valence-corrected chi connectivity index (χ3v) is 7.38. The van der Waals surface area contributed by atoms with Crippen LogP contribution >= 0.6 is 0 Å². The first-order valence-corrected chi connectivity index (χ1v) is 13.0. The number of carbonyl (C=O) groups excluding carboxylic acids is 1. The predicted molar refractivity (Wildman–Crippen MR) is 136 cm³/mol. The summed E-state index contributed by atoms with van der Waals surface area (Å²) in [7, 11) is 0. The molecule has 36 heavy (non-hydrogen) atoms. The smallest absolute Gasteiger partial charge is 0.226 e. The molecule has 2 aromatic carbocycles. The molecular formula is C28H35N5O3. The third-order valence-electron chi connectivity index (χ3n) is 7.38. The summed E-state index contributed by atoms with van der Waals surface area (Å²) in [6.45, 7) is 6.80. The van der Waals surface area contributed by atoms with E-state index >= 15 is 0 Å². The number of aryl methyl sites for hydroxylation is 1. The Morgan fingerprint density at radius 3 is 2.72 bits per heavy atom. The zero-order chi connectivity index (χ0) is 24.8. The van der Waals surface area contributed by atoms with Gasteiger partial charge in [-0.25, -0.2) is 0 Å². The zero-order valence-corrected chi connectivity index (χ0v) is 21.0. The summed E-state index contributed by atoms with van der Waals surface area (Å²) in [4.78, 5) is 16.1. The highest BCUT2D eigenvalue weighted by Crippen LogP contribution is 2.38. The van der Waals surface area contributed by atoms with Gasteiger partial charge in [0.15, 0.2) is 0 Å². The summed E-state index contributed by atoms with van der Waals surface area (Å²) in [5.74, 6) is 1.85. The number of fused-ring (bicyclic) bond motifs is 3. The molecule has 1 aromatic heterocycles. The molecule has 8 nitrogen and oxygen atoms in total. The number of likely N-dealkylation sites (tertiary alicyclic amines) is 1. The van der Waals surface area contributed by atoms with Crippen molar-refractivity contribution in [3.05, 3.63) is 71.5 Å². The molecule has 2 aliphatic heterocycles. The van der Waals surface area contributed by atoms with E-state index in [9.17, 15) is 4.79 Å². The summed E-state index contributed by atoms with van der Waals surface area (Å²) in [5, 5.41) is 11.8. The van der Waals surface area contributed by atoms with Crippen molar-refractivity contribution in [2.75, 3.05) is 19.7 Å². The van der Waals surface area contributed by atoms with Crippen molar-refractivity contribution in [3.8, 4) is 11.5 Å². The molecule has 190 valence electrons. The SMILES string of the molecule is CCOc1ccccc1CN1CCC2(CCCn3cc(nn3)COc3ccccc3CNC2=O)CC1. The first-order chi connectivity index (χ1) is 17.6. The van der Waals surface area contributed by atoms with Gasteiger partial charge in [0.1, 0.15) is 23.8 Å². The van der Waals surface area contributed by atoms with Gasteiger partial charge in [0.25, 0.3) is 0 Å². The number of rotatable bonds is 4. The van der Waals surface area contributed by atoms with Crippen LogP contribution in [0, 0.1) is 5.41 Å². The van der Waals surface area contributed by atoms with Crippen molar-refractivity contribution in [1.82, 2.24) is 25.2 Å². The monoisotopic (exact) mass is 489 g/mol. The van der Waals surface area contributed by atoms with E-state index in [4.69, 9.17) is 9.47 Å². The quantitative estimate of drug-likeness (QED) is 0.598. The van der Waals surface area contributed by atoms with E-state index in [0.717, 1.165) is 74.6 Å². The Kier molecular flexibility index (Phi) is 7.51. The van der Waals surface area contributed by atoms with Gasteiger partial charge in [0, 0.05) is 30.8 Å². The van der Waals surface area contributed by atoms with Crippen LogP contribution in [0.15, 0.2) is 54.7 Å². The number of nitrogens with one attached hydrogen (secondary N) is 1. The van der Waals surface area contributed by atoms with Gasteiger partial charge in [-0.3, -0.25) is 14.4 Å². The van der Waals surface area contributed by atoms with Crippen molar-refractivity contribution in [3.63, 3.8) is 0 Å². The molecule has 8 heteroatoms. The minimum Gasteiger partial charge on any atom is -0.494 e.